The Labute approximate surface area is 121 Å². The minimum Gasteiger partial charge on any atom is -0.311 e. The fraction of sp³-hybridized carbons (Fsp3) is 0.462. The van der Waals surface area contributed by atoms with Gasteiger partial charge in [-0.15, -0.1) is 0 Å². The summed E-state index contributed by atoms with van der Waals surface area (Å²) in [5, 5.41) is 3.01. The molecule has 0 radical (unpaired) electrons. The molecule has 3 nitrogen and oxygen atoms in total. The molecule has 2 rings (SSSR count). The average molecular weight is 305 g/mol. The van der Waals surface area contributed by atoms with Gasteiger partial charge in [0.2, 0.25) is 5.91 Å². The van der Waals surface area contributed by atoms with Gasteiger partial charge in [0.05, 0.1) is 16.1 Å². The van der Waals surface area contributed by atoms with E-state index in [9.17, 15) is 9.18 Å². The average Bonchev–Trinajstić information content (AvgIpc) is 2.38. The normalized spacial score (nSPS) is 19.9. The Bertz CT molecular complexity index is 471. The zero-order valence-corrected chi connectivity index (χ0v) is 12.1. The van der Waals surface area contributed by atoms with Crippen molar-refractivity contribution in [3.8, 4) is 0 Å². The Morgan fingerprint density at radius 3 is 2.63 bits per heavy atom. The molecule has 1 aliphatic rings. The van der Waals surface area contributed by atoms with Crippen LogP contribution in [0.1, 0.15) is 19.8 Å². The summed E-state index contributed by atoms with van der Waals surface area (Å²) in [5.74, 6) is -0.674. The fourth-order valence-electron chi connectivity index (χ4n) is 2.27. The van der Waals surface area contributed by atoms with Crippen molar-refractivity contribution in [1.29, 1.82) is 0 Å². The van der Waals surface area contributed by atoms with Gasteiger partial charge >= 0.3 is 0 Å². The molecule has 0 spiro atoms. The van der Waals surface area contributed by atoms with Crippen LogP contribution in [0.2, 0.25) is 10.0 Å². The monoisotopic (exact) mass is 304 g/mol. The second kappa shape index (κ2) is 6.07. The molecule has 0 aromatic heterocycles. The number of hydrogen-bond acceptors (Lipinski definition) is 2. The number of rotatable bonds is 3. The lowest BCUT2D eigenvalue weighted by molar-refractivity contribution is -0.121. The lowest BCUT2D eigenvalue weighted by atomic mass is 10.0. The summed E-state index contributed by atoms with van der Waals surface area (Å²) >= 11 is 11.5. The van der Waals surface area contributed by atoms with Gasteiger partial charge in [-0.05, 0) is 31.5 Å². The third-order valence-corrected chi connectivity index (χ3v) is 3.72. The van der Waals surface area contributed by atoms with Gasteiger partial charge in [-0.3, -0.25) is 4.79 Å². The summed E-state index contributed by atoms with van der Waals surface area (Å²) in [4.78, 5) is 13.9. The van der Waals surface area contributed by atoms with E-state index in [-0.39, 0.29) is 22.0 Å². The summed E-state index contributed by atoms with van der Waals surface area (Å²) in [7, 11) is 0. The lowest BCUT2D eigenvalue weighted by Gasteiger charge is -2.32. The smallest absolute Gasteiger partial charge is 0.244 e. The number of nitrogens with one attached hydrogen (secondary N) is 1. The number of carbonyl (C=O) groups is 1. The van der Waals surface area contributed by atoms with Crippen LogP contribution < -0.4 is 10.2 Å². The van der Waals surface area contributed by atoms with Crippen LogP contribution in [0.3, 0.4) is 0 Å². The topological polar surface area (TPSA) is 32.3 Å². The van der Waals surface area contributed by atoms with Crippen molar-refractivity contribution in [3.63, 3.8) is 0 Å². The highest BCUT2D eigenvalue weighted by molar-refractivity contribution is 6.35. The summed E-state index contributed by atoms with van der Waals surface area (Å²) in [6.45, 7) is 3.28. The molecule has 0 bridgehead atoms. The number of hydrogen-bond donors (Lipinski definition) is 1. The Balaban J connectivity index is 2.28. The molecule has 0 aliphatic carbocycles. The number of benzene rings is 1. The van der Waals surface area contributed by atoms with Crippen molar-refractivity contribution in [2.75, 3.05) is 18.0 Å². The molecule has 1 unspecified atom stereocenters. The van der Waals surface area contributed by atoms with E-state index >= 15 is 0 Å². The van der Waals surface area contributed by atoms with Gasteiger partial charge in [-0.25, -0.2) is 4.39 Å². The molecule has 1 aliphatic heterocycles. The molecule has 104 valence electrons. The zero-order valence-electron chi connectivity index (χ0n) is 10.5. The molecular formula is C13H15Cl2FN2O. The van der Waals surface area contributed by atoms with Gasteiger partial charge in [0.1, 0.15) is 0 Å². The number of carbonyl (C=O) groups excluding carboxylic acids is 1. The van der Waals surface area contributed by atoms with E-state index in [0.29, 0.717) is 12.2 Å². The van der Waals surface area contributed by atoms with E-state index in [4.69, 9.17) is 23.2 Å². The van der Waals surface area contributed by atoms with Crippen LogP contribution >= 0.6 is 23.2 Å². The highest BCUT2D eigenvalue weighted by Gasteiger charge is 2.29. The number of amides is 1. The van der Waals surface area contributed by atoms with E-state index in [1.807, 2.05) is 6.92 Å². The van der Waals surface area contributed by atoms with Gasteiger partial charge in [-0.1, -0.05) is 30.1 Å². The van der Waals surface area contributed by atoms with Gasteiger partial charge in [0.15, 0.2) is 5.82 Å². The molecule has 6 heteroatoms. The maximum atomic E-state index is 13.4. The third kappa shape index (κ3) is 3.02. The van der Waals surface area contributed by atoms with Crippen LogP contribution in [0.4, 0.5) is 10.1 Å². The van der Waals surface area contributed by atoms with Gasteiger partial charge in [0, 0.05) is 12.2 Å². The number of anilines is 1. The Morgan fingerprint density at radius 1 is 1.42 bits per heavy atom. The van der Waals surface area contributed by atoms with E-state index in [0.717, 1.165) is 19.4 Å². The third-order valence-electron chi connectivity index (χ3n) is 3.17. The van der Waals surface area contributed by atoms with E-state index in [2.05, 4.69) is 5.32 Å². The molecule has 19 heavy (non-hydrogen) atoms. The van der Waals surface area contributed by atoms with Crippen molar-refractivity contribution < 1.29 is 9.18 Å². The maximum Gasteiger partial charge on any atom is 0.244 e. The molecule has 1 amide bonds. The molecule has 0 saturated carbocycles. The van der Waals surface area contributed by atoms with Crippen LogP contribution in [0, 0.1) is 5.82 Å². The van der Waals surface area contributed by atoms with Gasteiger partial charge < -0.3 is 10.2 Å². The quantitative estimate of drug-likeness (QED) is 0.870. The van der Waals surface area contributed by atoms with E-state index in [1.54, 1.807) is 4.90 Å². The number of likely N-dealkylation sites (N-methyl/N-ethyl adjacent to an activating group) is 1. The highest BCUT2D eigenvalue weighted by atomic mass is 35.5. The SMILES string of the molecule is CCNC1CCCN(c2cc(Cl)c(F)c(Cl)c2)C1=O. The van der Waals surface area contributed by atoms with Gasteiger partial charge in [0.25, 0.3) is 0 Å². The van der Waals surface area contributed by atoms with Crippen molar-refractivity contribution in [2.24, 2.45) is 0 Å². The first kappa shape index (κ1) is 14.6. The second-order valence-corrected chi connectivity index (χ2v) is 5.28. The summed E-state index contributed by atoms with van der Waals surface area (Å²) in [6, 6.07) is 2.69. The van der Waals surface area contributed by atoms with Crippen LogP contribution in [-0.2, 0) is 4.79 Å². The first-order chi connectivity index (χ1) is 9.04. The molecule has 1 fully saturated rings. The molecule has 1 aromatic carbocycles. The number of nitrogens with zero attached hydrogens (tertiary/aromatic N) is 1. The van der Waals surface area contributed by atoms with Crippen LogP contribution in [0.15, 0.2) is 12.1 Å². The van der Waals surface area contributed by atoms with Crippen LogP contribution in [0.25, 0.3) is 0 Å². The zero-order chi connectivity index (χ0) is 14.0. The summed E-state index contributed by atoms with van der Waals surface area (Å²) in [6.07, 6.45) is 1.70. The minimum absolute atomic E-state index is 0.0214. The molecule has 1 atom stereocenters. The maximum absolute atomic E-state index is 13.4. The summed E-state index contributed by atoms with van der Waals surface area (Å²) < 4.78 is 13.4. The molecule has 1 saturated heterocycles. The predicted molar refractivity (Wildman–Crippen MR) is 75.5 cm³/mol. The van der Waals surface area contributed by atoms with Crippen molar-refractivity contribution in [2.45, 2.75) is 25.8 Å². The standard InChI is InChI=1S/C13H15Cl2FN2O/c1-2-17-11-4-3-5-18(13(11)19)8-6-9(14)12(16)10(15)7-8/h6-7,11,17H,2-5H2,1H3. The lowest BCUT2D eigenvalue weighted by Crippen LogP contribution is -2.50. The molecule has 1 N–H and O–H groups in total. The van der Waals surface area contributed by atoms with Crippen molar-refractivity contribution >= 4 is 34.8 Å². The van der Waals surface area contributed by atoms with Crippen molar-refractivity contribution in [3.05, 3.63) is 28.0 Å². The largest absolute Gasteiger partial charge is 0.311 e. The highest BCUT2D eigenvalue weighted by Crippen LogP contribution is 2.31. The molecule has 1 aromatic rings. The Kier molecular flexibility index (Phi) is 4.66. The second-order valence-electron chi connectivity index (χ2n) is 4.47. The molecule has 1 heterocycles. The molecular weight excluding hydrogens is 290 g/mol. The fourth-order valence-corrected chi connectivity index (χ4v) is 2.74. The number of piperidine rings is 1. The van der Waals surface area contributed by atoms with E-state index < -0.39 is 5.82 Å². The van der Waals surface area contributed by atoms with E-state index in [1.165, 1.54) is 12.1 Å². The first-order valence-electron chi connectivity index (χ1n) is 6.24. The van der Waals surface area contributed by atoms with Crippen LogP contribution in [0.5, 0.6) is 0 Å². The van der Waals surface area contributed by atoms with Crippen molar-refractivity contribution in [1.82, 2.24) is 5.32 Å². The Morgan fingerprint density at radius 2 is 2.05 bits per heavy atom. The minimum atomic E-state index is -0.653. The Hall–Kier alpha value is -0.840. The van der Waals surface area contributed by atoms with Crippen LogP contribution in [-0.4, -0.2) is 25.0 Å². The predicted octanol–water partition coefficient (Wildman–Crippen LogP) is 3.24. The number of halogens is 3. The van der Waals surface area contributed by atoms with Gasteiger partial charge in [-0.2, -0.15) is 0 Å². The first-order valence-corrected chi connectivity index (χ1v) is 6.99. The summed E-state index contributed by atoms with van der Waals surface area (Å²) in [5.41, 5.74) is 0.545.